The number of para-hydroxylation sites is 1. The lowest BCUT2D eigenvalue weighted by Crippen LogP contribution is -2.57. The number of aryl methyl sites for hydroxylation is 1. The average Bonchev–Trinajstić information content (AvgIpc) is 3.33. The Morgan fingerprint density at radius 1 is 1.34 bits per heavy atom. The first-order chi connectivity index (χ1) is 16.5. The number of aliphatic hydroxyl groups is 1. The highest BCUT2D eigenvalue weighted by molar-refractivity contribution is 6.34. The van der Waals surface area contributed by atoms with Gasteiger partial charge in [-0.25, -0.2) is 0 Å². The second kappa shape index (κ2) is 9.05. The number of aliphatic hydroxyl groups excluding tert-OH is 1. The number of nitrogens with zero attached hydrogens (tertiary/aromatic N) is 1. The Morgan fingerprint density at radius 3 is 2.60 bits per heavy atom. The number of carbonyl (C=O) groups excluding carboxylic acids is 3. The zero-order valence-electron chi connectivity index (χ0n) is 21.2. The monoisotopic (exact) mass is 505 g/mol. The largest absolute Gasteiger partial charge is 0.394 e. The van der Waals surface area contributed by atoms with Crippen molar-refractivity contribution >= 4 is 35.0 Å². The van der Waals surface area contributed by atoms with Crippen molar-refractivity contribution in [2.75, 3.05) is 19.0 Å². The molecule has 3 aliphatic heterocycles. The number of nitrogens with one attached hydrogen (secondary N) is 2. The highest BCUT2D eigenvalue weighted by Crippen LogP contribution is 2.65. The third kappa shape index (κ3) is 3.59. The highest BCUT2D eigenvalue weighted by Gasteiger charge is 2.80. The van der Waals surface area contributed by atoms with Crippen LogP contribution in [0.2, 0.25) is 5.02 Å². The van der Waals surface area contributed by atoms with Crippen molar-refractivity contribution < 1.29 is 24.2 Å². The summed E-state index contributed by atoms with van der Waals surface area (Å²) < 4.78 is 6.66. The summed E-state index contributed by atoms with van der Waals surface area (Å²) in [4.78, 5) is 42.8. The van der Waals surface area contributed by atoms with Gasteiger partial charge in [0.25, 0.3) is 0 Å². The van der Waals surface area contributed by atoms with Crippen LogP contribution in [0, 0.1) is 30.6 Å². The Bertz CT molecular complexity index is 1030. The van der Waals surface area contributed by atoms with E-state index in [1.54, 1.807) is 19.2 Å². The first kappa shape index (κ1) is 25.9. The highest BCUT2D eigenvalue weighted by atomic mass is 35.5. The number of hydrogen-bond donors (Lipinski definition) is 3. The number of hydrogen-bond acceptors (Lipinski definition) is 5. The van der Waals surface area contributed by atoms with E-state index in [0.29, 0.717) is 23.6 Å². The summed E-state index contributed by atoms with van der Waals surface area (Å²) in [5, 5.41) is 16.4. The second-order valence-corrected chi connectivity index (χ2v) is 11.0. The molecule has 35 heavy (non-hydrogen) atoms. The van der Waals surface area contributed by atoms with E-state index in [2.05, 4.69) is 10.6 Å². The maximum absolute atomic E-state index is 14.1. The molecule has 1 spiro atoms. The van der Waals surface area contributed by atoms with E-state index in [1.165, 1.54) is 4.90 Å². The van der Waals surface area contributed by atoms with Gasteiger partial charge < -0.3 is 25.4 Å². The molecular weight excluding hydrogens is 470 g/mol. The van der Waals surface area contributed by atoms with Gasteiger partial charge in [0.1, 0.15) is 11.6 Å². The summed E-state index contributed by atoms with van der Waals surface area (Å²) in [6.45, 7) is 9.35. The molecule has 192 valence electrons. The summed E-state index contributed by atoms with van der Waals surface area (Å²) >= 11 is 6.41. The molecule has 4 rings (SSSR count). The van der Waals surface area contributed by atoms with Crippen molar-refractivity contribution in [3.05, 3.63) is 28.8 Å². The molecule has 3 aliphatic rings. The number of benzene rings is 1. The molecule has 1 aromatic rings. The van der Waals surface area contributed by atoms with Crippen LogP contribution in [0.4, 0.5) is 5.69 Å². The number of likely N-dealkylation sites (tertiary alicyclic amines) is 1. The van der Waals surface area contributed by atoms with Gasteiger partial charge in [0.15, 0.2) is 0 Å². The zero-order chi connectivity index (χ0) is 25.9. The maximum Gasteiger partial charge on any atom is 0.250 e. The Labute approximate surface area is 211 Å². The molecule has 9 heteroatoms. The quantitative estimate of drug-likeness (QED) is 0.528. The van der Waals surface area contributed by atoms with Crippen molar-refractivity contribution in [3.8, 4) is 0 Å². The van der Waals surface area contributed by atoms with E-state index < -0.39 is 41.0 Å². The van der Waals surface area contributed by atoms with Crippen LogP contribution in [-0.4, -0.2) is 64.7 Å². The van der Waals surface area contributed by atoms with Crippen molar-refractivity contribution in [3.63, 3.8) is 0 Å². The predicted octanol–water partition coefficient (Wildman–Crippen LogP) is 2.75. The van der Waals surface area contributed by atoms with Gasteiger partial charge in [0.2, 0.25) is 17.7 Å². The van der Waals surface area contributed by atoms with E-state index in [4.69, 9.17) is 16.3 Å². The van der Waals surface area contributed by atoms with Crippen LogP contribution in [0.1, 0.15) is 46.1 Å². The minimum absolute atomic E-state index is 0.0534. The number of fused-ring (bicyclic) bond motifs is 1. The van der Waals surface area contributed by atoms with Crippen LogP contribution in [0.3, 0.4) is 0 Å². The number of anilines is 1. The molecule has 3 fully saturated rings. The molecule has 0 aromatic heterocycles. The van der Waals surface area contributed by atoms with Gasteiger partial charge in [-0.05, 0) is 43.7 Å². The Hall–Kier alpha value is -2.16. The molecule has 2 bridgehead atoms. The third-order valence-corrected chi connectivity index (χ3v) is 9.16. The molecule has 1 aromatic carbocycles. The van der Waals surface area contributed by atoms with Gasteiger partial charge in [-0.15, -0.1) is 0 Å². The second-order valence-electron chi connectivity index (χ2n) is 10.6. The van der Waals surface area contributed by atoms with Crippen molar-refractivity contribution in [1.29, 1.82) is 0 Å². The Morgan fingerprint density at radius 2 is 2.03 bits per heavy atom. The molecule has 0 radical (unpaired) electrons. The molecular formula is C26H36ClN3O5. The molecule has 3 N–H and O–H groups in total. The fraction of sp³-hybridized carbons (Fsp3) is 0.654. The first-order valence-corrected chi connectivity index (χ1v) is 12.8. The lowest BCUT2D eigenvalue weighted by molar-refractivity contribution is -0.150. The van der Waals surface area contributed by atoms with Gasteiger partial charge in [-0.2, -0.15) is 0 Å². The fourth-order valence-electron chi connectivity index (χ4n) is 6.69. The lowest BCUT2D eigenvalue weighted by atomic mass is 9.62. The maximum atomic E-state index is 14.1. The number of ether oxygens (including phenoxy) is 1. The summed E-state index contributed by atoms with van der Waals surface area (Å²) in [7, 11) is 1.55. The fourth-order valence-corrected chi connectivity index (χ4v) is 6.95. The first-order valence-electron chi connectivity index (χ1n) is 12.4. The summed E-state index contributed by atoms with van der Waals surface area (Å²) in [6.07, 6.45) is 1.17. The van der Waals surface area contributed by atoms with Gasteiger partial charge >= 0.3 is 0 Å². The summed E-state index contributed by atoms with van der Waals surface area (Å²) in [5.74, 6) is -2.68. The lowest BCUT2D eigenvalue weighted by Gasteiger charge is -2.39. The van der Waals surface area contributed by atoms with E-state index in [9.17, 15) is 19.5 Å². The van der Waals surface area contributed by atoms with Crippen molar-refractivity contribution in [2.24, 2.45) is 23.7 Å². The molecule has 0 aliphatic carbocycles. The van der Waals surface area contributed by atoms with Crippen LogP contribution < -0.4 is 10.6 Å². The van der Waals surface area contributed by atoms with E-state index in [1.807, 2.05) is 40.7 Å². The molecule has 8 atom stereocenters. The van der Waals surface area contributed by atoms with Gasteiger partial charge in [0.05, 0.1) is 40.8 Å². The van der Waals surface area contributed by atoms with Crippen LogP contribution in [-0.2, 0) is 19.1 Å². The van der Waals surface area contributed by atoms with Gasteiger partial charge in [0, 0.05) is 7.05 Å². The molecule has 3 heterocycles. The smallest absolute Gasteiger partial charge is 0.250 e. The SMILES string of the molecule is CC[C@H](C)[C@H](CO)N1C(=O)[C@@H]2[C@H](C(=O)NC)[C@@]3(C)OC2(CC3C)C1C(=O)Nc1c(C)cccc1Cl. The summed E-state index contributed by atoms with van der Waals surface area (Å²) in [5.41, 5.74) is -0.791. The zero-order valence-corrected chi connectivity index (χ0v) is 22.0. The van der Waals surface area contributed by atoms with Crippen molar-refractivity contribution in [2.45, 2.75) is 70.7 Å². The van der Waals surface area contributed by atoms with Crippen LogP contribution in [0.15, 0.2) is 18.2 Å². The Balaban J connectivity index is 1.86. The predicted molar refractivity (Wildman–Crippen MR) is 133 cm³/mol. The average molecular weight is 506 g/mol. The minimum atomic E-state index is -1.18. The number of carbonyl (C=O) groups is 3. The minimum Gasteiger partial charge on any atom is -0.394 e. The van der Waals surface area contributed by atoms with Gasteiger partial charge in [-0.3, -0.25) is 14.4 Å². The topological polar surface area (TPSA) is 108 Å². The van der Waals surface area contributed by atoms with Crippen molar-refractivity contribution in [1.82, 2.24) is 10.2 Å². The van der Waals surface area contributed by atoms with Gasteiger partial charge in [-0.1, -0.05) is 50.9 Å². The van der Waals surface area contributed by atoms with Crippen LogP contribution in [0.5, 0.6) is 0 Å². The molecule has 0 saturated carbocycles. The van der Waals surface area contributed by atoms with E-state index in [0.717, 1.165) is 5.56 Å². The normalized spacial score (nSPS) is 35.1. The molecule has 3 unspecified atom stereocenters. The van der Waals surface area contributed by atoms with E-state index >= 15 is 0 Å². The molecule has 3 saturated heterocycles. The van der Waals surface area contributed by atoms with Crippen LogP contribution in [0.25, 0.3) is 0 Å². The number of rotatable bonds is 7. The number of halogens is 1. The number of amides is 3. The van der Waals surface area contributed by atoms with E-state index in [-0.39, 0.29) is 30.3 Å². The third-order valence-electron chi connectivity index (χ3n) is 8.85. The Kier molecular flexibility index (Phi) is 6.70. The standard InChI is InChI=1S/C26H36ClN3O5/c1-7-13(2)17(12-31)30-21(23(33)29-20-14(3)9-8-10-16(20)27)26-11-15(4)25(5,35-26)18(22(32)28-6)19(26)24(30)34/h8-10,13,15,17-19,21,31H,7,11-12H2,1-6H3,(H,28,32)(H,29,33)/t13-,15?,17-,18+,19-,21?,25-,26?/m0/s1. The van der Waals surface area contributed by atoms with Crippen LogP contribution >= 0.6 is 11.6 Å². The molecule has 3 amide bonds. The molecule has 8 nitrogen and oxygen atoms in total. The summed E-state index contributed by atoms with van der Waals surface area (Å²) in [6, 6.07) is 3.74.